The van der Waals surface area contributed by atoms with Crippen molar-refractivity contribution >= 4 is 11.7 Å². The number of aromatic amines is 1. The van der Waals surface area contributed by atoms with E-state index in [2.05, 4.69) is 25.1 Å². The fourth-order valence-corrected chi connectivity index (χ4v) is 4.54. The summed E-state index contributed by atoms with van der Waals surface area (Å²) in [4.78, 5) is 30.9. The summed E-state index contributed by atoms with van der Waals surface area (Å²) in [6.45, 7) is 7.34. The Kier molecular flexibility index (Phi) is 4.26. The molecule has 1 amide bonds. The third-order valence-electron chi connectivity index (χ3n) is 5.95. The van der Waals surface area contributed by atoms with E-state index in [1.807, 2.05) is 49.2 Å². The first-order valence-corrected chi connectivity index (χ1v) is 9.89. The maximum atomic E-state index is 13.3. The van der Waals surface area contributed by atoms with Gasteiger partial charge >= 0.3 is 0 Å². The molecule has 2 aliphatic rings. The molecule has 5 rings (SSSR count). The van der Waals surface area contributed by atoms with Crippen molar-refractivity contribution in [3.05, 3.63) is 53.7 Å². The zero-order chi connectivity index (χ0) is 20.0. The summed E-state index contributed by atoms with van der Waals surface area (Å²) in [5.41, 5.74) is 3.36. The first-order valence-electron chi connectivity index (χ1n) is 9.89. The number of likely N-dealkylation sites (tertiary alicyclic amines) is 1. The van der Waals surface area contributed by atoms with E-state index in [0.717, 1.165) is 48.9 Å². The van der Waals surface area contributed by atoms with E-state index < -0.39 is 0 Å². The zero-order valence-corrected chi connectivity index (χ0v) is 16.5. The van der Waals surface area contributed by atoms with Gasteiger partial charge in [0.15, 0.2) is 5.82 Å². The molecule has 8 heteroatoms. The van der Waals surface area contributed by atoms with Crippen LogP contribution in [-0.4, -0.2) is 62.1 Å². The normalized spacial score (nSPS) is 20.9. The number of H-pyrrole nitrogens is 1. The average Bonchev–Trinajstić information content (AvgIpc) is 3.45. The van der Waals surface area contributed by atoms with Gasteiger partial charge in [0, 0.05) is 49.8 Å². The second kappa shape index (κ2) is 6.95. The number of nitrogens with one attached hydrogen (secondary N) is 1. The lowest BCUT2D eigenvalue weighted by Crippen LogP contribution is -2.34. The Hall–Kier alpha value is -3.29. The molecule has 1 aromatic carbocycles. The highest BCUT2D eigenvalue weighted by molar-refractivity contribution is 6.00. The van der Waals surface area contributed by atoms with E-state index in [1.165, 1.54) is 6.33 Å². The Morgan fingerprint density at radius 1 is 1.07 bits per heavy atom. The third-order valence-corrected chi connectivity index (χ3v) is 5.95. The van der Waals surface area contributed by atoms with E-state index in [9.17, 15) is 4.79 Å². The minimum atomic E-state index is 0.0597. The van der Waals surface area contributed by atoms with Crippen molar-refractivity contribution in [2.45, 2.75) is 13.8 Å². The van der Waals surface area contributed by atoms with Crippen LogP contribution in [0.5, 0.6) is 0 Å². The Morgan fingerprint density at radius 3 is 2.55 bits per heavy atom. The summed E-state index contributed by atoms with van der Waals surface area (Å²) in [6, 6.07) is 7.58. The molecule has 1 N–H and O–H groups in total. The number of fused-ring (bicyclic) bond motifs is 1. The van der Waals surface area contributed by atoms with Crippen molar-refractivity contribution in [2.24, 2.45) is 11.8 Å². The minimum Gasteiger partial charge on any atom is -0.354 e. The second-order valence-electron chi connectivity index (χ2n) is 7.94. The number of aromatic nitrogens is 5. The van der Waals surface area contributed by atoms with Gasteiger partial charge in [0.1, 0.15) is 12.1 Å². The molecule has 2 unspecified atom stereocenters. The van der Waals surface area contributed by atoms with Crippen LogP contribution in [-0.2, 0) is 0 Å². The van der Waals surface area contributed by atoms with Crippen molar-refractivity contribution < 1.29 is 4.79 Å². The number of carbonyl (C=O) groups excluding carboxylic acids is 1. The van der Waals surface area contributed by atoms with Crippen LogP contribution in [0.2, 0.25) is 0 Å². The van der Waals surface area contributed by atoms with Crippen LogP contribution < -0.4 is 4.90 Å². The van der Waals surface area contributed by atoms with Crippen molar-refractivity contribution in [1.82, 2.24) is 30.0 Å². The molecule has 0 saturated carbocycles. The fraction of sp³-hybridized carbons (Fsp3) is 0.381. The van der Waals surface area contributed by atoms with Crippen molar-refractivity contribution in [3.63, 3.8) is 0 Å². The molecule has 8 nitrogen and oxygen atoms in total. The zero-order valence-electron chi connectivity index (χ0n) is 16.5. The van der Waals surface area contributed by atoms with E-state index in [1.54, 1.807) is 0 Å². The predicted octanol–water partition coefficient (Wildman–Crippen LogP) is 2.09. The first-order chi connectivity index (χ1) is 14.1. The van der Waals surface area contributed by atoms with E-state index in [4.69, 9.17) is 4.98 Å². The molecule has 148 valence electrons. The molecule has 3 aromatic rings. The highest BCUT2D eigenvalue weighted by Gasteiger charge is 2.42. The highest BCUT2D eigenvalue weighted by Crippen LogP contribution is 2.35. The third kappa shape index (κ3) is 3.14. The number of aryl methyl sites for hydroxylation is 2. The molecule has 0 bridgehead atoms. The topological polar surface area (TPSA) is 90.9 Å². The van der Waals surface area contributed by atoms with E-state index >= 15 is 0 Å². The van der Waals surface area contributed by atoms with Crippen LogP contribution in [0.3, 0.4) is 0 Å². The summed E-state index contributed by atoms with van der Waals surface area (Å²) in [5, 5.41) is 6.78. The molecule has 0 radical (unpaired) electrons. The molecule has 2 fully saturated rings. The molecule has 4 heterocycles. The lowest BCUT2D eigenvalue weighted by Gasteiger charge is -2.24. The summed E-state index contributed by atoms with van der Waals surface area (Å²) in [5.74, 6) is 2.57. The number of benzene rings is 1. The lowest BCUT2D eigenvalue weighted by atomic mass is 10.0. The van der Waals surface area contributed by atoms with Crippen molar-refractivity contribution in [2.75, 3.05) is 31.1 Å². The highest BCUT2D eigenvalue weighted by atomic mass is 16.2. The van der Waals surface area contributed by atoms with Crippen LogP contribution >= 0.6 is 0 Å². The molecule has 2 atom stereocenters. The van der Waals surface area contributed by atoms with Gasteiger partial charge in [0.25, 0.3) is 5.91 Å². The van der Waals surface area contributed by atoms with Crippen molar-refractivity contribution in [1.29, 1.82) is 0 Å². The number of rotatable bonds is 3. The number of carbonyl (C=O) groups is 1. The largest absolute Gasteiger partial charge is 0.354 e. The molecule has 2 aliphatic heterocycles. The summed E-state index contributed by atoms with van der Waals surface area (Å²) < 4.78 is 0. The molecule has 0 aliphatic carbocycles. The number of anilines is 1. The van der Waals surface area contributed by atoms with Gasteiger partial charge < -0.3 is 9.80 Å². The molecule has 29 heavy (non-hydrogen) atoms. The smallest absolute Gasteiger partial charge is 0.254 e. The van der Waals surface area contributed by atoms with Crippen LogP contribution in [0.4, 0.5) is 5.82 Å². The Balaban J connectivity index is 1.33. The van der Waals surface area contributed by atoms with E-state index in [-0.39, 0.29) is 5.91 Å². The molecule has 0 spiro atoms. The van der Waals surface area contributed by atoms with Crippen LogP contribution in [0.1, 0.15) is 21.7 Å². The van der Waals surface area contributed by atoms with Gasteiger partial charge in [-0.3, -0.25) is 14.9 Å². The molecule has 2 saturated heterocycles. The van der Waals surface area contributed by atoms with Gasteiger partial charge in [0.05, 0.1) is 17.0 Å². The maximum Gasteiger partial charge on any atom is 0.254 e. The summed E-state index contributed by atoms with van der Waals surface area (Å²) >= 11 is 0. The van der Waals surface area contributed by atoms with Gasteiger partial charge in [-0.05, 0) is 19.9 Å². The number of hydrogen-bond donors (Lipinski definition) is 1. The minimum absolute atomic E-state index is 0.0597. The average molecular weight is 389 g/mol. The molecule has 2 aromatic heterocycles. The summed E-state index contributed by atoms with van der Waals surface area (Å²) in [7, 11) is 0. The fourth-order valence-electron chi connectivity index (χ4n) is 4.54. The van der Waals surface area contributed by atoms with Gasteiger partial charge in [-0.15, -0.1) is 0 Å². The standard InChI is InChI=1S/C21H23N7O/c1-13-7-22-14(2)20(25-13)27-8-15-10-28(11-16(15)9-27)21(29)18-6-4-3-5-17(18)19-23-12-24-26-19/h3-7,12,15-16H,8-11H2,1-2H3,(H,23,24,26). The summed E-state index contributed by atoms with van der Waals surface area (Å²) in [6.07, 6.45) is 3.27. The first kappa shape index (κ1) is 17.8. The van der Waals surface area contributed by atoms with Crippen LogP contribution in [0, 0.1) is 25.7 Å². The van der Waals surface area contributed by atoms with Crippen LogP contribution in [0.25, 0.3) is 11.4 Å². The van der Waals surface area contributed by atoms with Gasteiger partial charge in [-0.2, -0.15) is 5.10 Å². The van der Waals surface area contributed by atoms with Crippen LogP contribution in [0.15, 0.2) is 36.8 Å². The Labute approximate surface area is 169 Å². The predicted molar refractivity (Wildman–Crippen MR) is 108 cm³/mol. The number of hydrogen-bond acceptors (Lipinski definition) is 6. The van der Waals surface area contributed by atoms with E-state index in [0.29, 0.717) is 23.2 Å². The lowest BCUT2D eigenvalue weighted by molar-refractivity contribution is 0.0783. The maximum absolute atomic E-state index is 13.3. The molecular weight excluding hydrogens is 366 g/mol. The van der Waals surface area contributed by atoms with Gasteiger partial charge in [-0.1, -0.05) is 18.2 Å². The number of nitrogens with zero attached hydrogens (tertiary/aromatic N) is 6. The SMILES string of the molecule is Cc1cnc(C)c(N2CC3CN(C(=O)c4ccccc4-c4ncn[nH]4)CC3C2)n1. The van der Waals surface area contributed by atoms with Gasteiger partial charge in [-0.25, -0.2) is 9.97 Å². The number of amides is 1. The molecular formula is C21H23N7O. The Bertz CT molecular complexity index is 1030. The van der Waals surface area contributed by atoms with Gasteiger partial charge in [0.2, 0.25) is 0 Å². The second-order valence-corrected chi connectivity index (χ2v) is 7.94. The quantitative estimate of drug-likeness (QED) is 0.738. The monoisotopic (exact) mass is 389 g/mol. The van der Waals surface area contributed by atoms with Crippen molar-refractivity contribution in [3.8, 4) is 11.4 Å². The Morgan fingerprint density at radius 2 is 1.83 bits per heavy atom.